The van der Waals surface area contributed by atoms with Crippen molar-refractivity contribution < 1.29 is 9.59 Å². The molecule has 0 aromatic carbocycles. The smallest absolute Gasteiger partial charge is 0.242 e. The van der Waals surface area contributed by atoms with Gasteiger partial charge in [-0.25, -0.2) is 0 Å². The van der Waals surface area contributed by atoms with Crippen LogP contribution in [0, 0.1) is 11.3 Å². The molecule has 6 heteroatoms. The Morgan fingerprint density at radius 2 is 1.84 bits per heavy atom. The minimum atomic E-state index is -0.915. The first kappa shape index (κ1) is 17.8. The van der Waals surface area contributed by atoms with Crippen molar-refractivity contribution in [3.63, 3.8) is 0 Å². The van der Waals surface area contributed by atoms with Gasteiger partial charge in [-0.05, 0) is 26.2 Å². The summed E-state index contributed by atoms with van der Waals surface area (Å²) in [6, 6.07) is -0.605. The summed E-state index contributed by atoms with van der Waals surface area (Å²) in [6.45, 7) is 9.75. The Morgan fingerprint density at radius 3 is 2.21 bits per heavy atom. The van der Waals surface area contributed by atoms with E-state index in [2.05, 4.69) is 10.6 Å². The van der Waals surface area contributed by atoms with Crippen LogP contribution in [0.5, 0.6) is 0 Å². The minimum absolute atomic E-state index is 0.141. The van der Waals surface area contributed by atoms with Gasteiger partial charge < -0.3 is 16.4 Å². The maximum absolute atomic E-state index is 12.1. The van der Waals surface area contributed by atoms with Crippen molar-refractivity contribution >= 4 is 29.0 Å². The van der Waals surface area contributed by atoms with Crippen LogP contribution in [0.25, 0.3) is 0 Å². The summed E-state index contributed by atoms with van der Waals surface area (Å²) in [7, 11) is 0. The number of carbonyl (C=O) groups excluding carboxylic acids is 2. The van der Waals surface area contributed by atoms with Gasteiger partial charge in [-0.1, -0.05) is 33.0 Å². The molecule has 0 aliphatic rings. The molecular weight excluding hydrogens is 262 g/mol. The average Bonchev–Trinajstić information content (AvgIpc) is 2.33. The minimum Gasteiger partial charge on any atom is -0.392 e. The van der Waals surface area contributed by atoms with Crippen LogP contribution in [0.3, 0.4) is 0 Å². The van der Waals surface area contributed by atoms with Crippen molar-refractivity contribution in [3.8, 4) is 0 Å². The molecule has 5 nitrogen and oxygen atoms in total. The highest BCUT2D eigenvalue weighted by molar-refractivity contribution is 7.80. The fourth-order valence-electron chi connectivity index (χ4n) is 1.33. The number of hydrogen-bond acceptors (Lipinski definition) is 3. The zero-order chi connectivity index (χ0) is 15.2. The first-order chi connectivity index (χ1) is 8.65. The number of thiocarbonyl (C=S) groups is 1. The van der Waals surface area contributed by atoms with E-state index in [0.29, 0.717) is 18.9 Å². The van der Waals surface area contributed by atoms with E-state index in [1.54, 1.807) is 13.8 Å². The number of nitrogens with one attached hydrogen (secondary N) is 2. The molecular formula is C13H25N3O2S. The number of amides is 2. The van der Waals surface area contributed by atoms with E-state index in [1.165, 1.54) is 0 Å². The monoisotopic (exact) mass is 287 g/mol. The lowest BCUT2D eigenvalue weighted by Crippen LogP contribution is -2.53. The van der Waals surface area contributed by atoms with Gasteiger partial charge in [-0.3, -0.25) is 9.59 Å². The third-order valence-corrected chi connectivity index (χ3v) is 3.63. The Hall–Kier alpha value is -1.17. The van der Waals surface area contributed by atoms with Crippen molar-refractivity contribution in [2.75, 3.05) is 6.54 Å². The van der Waals surface area contributed by atoms with Gasteiger partial charge in [0.2, 0.25) is 11.8 Å². The predicted octanol–water partition coefficient (Wildman–Crippen LogP) is 0.966. The molecule has 0 fully saturated rings. The Kier molecular flexibility index (Phi) is 6.97. The predicted molar refractivity (Wildman–Crippen MR) is 80.6 cm³/mol. The zero-order valence-electron chi connectivity index (χ0n) is 12.4. The molecule has 2 atom stereocenters. The molecule has 0 bridgehead atoms. The SMILES string of the molecule is CCC(C)(C(=O)NC(C)C(=O)NCC(C)C)C(N)=S. The van der Waals surface area contributed by atoms with Crippen LogP contribution in [0.15, 0.2) is 0 Å². The quantitative estimate of drug-likeness (QED) is 0.609. The highest BCUT2D eigenvalue weighted by atomic mass is 32.1. The lowest BCUT2D eigenvalue weighted by Gasteiger charge is -2.27. The second-order valence-corrected chi connectivity index (χ2v) is 5.82. The maximum atomic E-state index is 12.1. The van der Waals surface area contributed by atoms with Crippen molar-refractivity contribution in [2.45, 2.75) is 47.1 Å². The van der Waals surface area contributed by atoms with Crippen LogP contribution in [0.2, 0.25) is 0 Å². The second kappa shape index (κ2) is 7.43. The Labute approximate surface area is 120 Å². The molecule has 0 aliphatic carbocycles. The molecule has 0 aromatic heterocycles. The van der Waals surface area contributed by atoms with E-state index in [-0.39, 0.29) is 16.8 Å². The van der Waals surface area contributed by atoms with Crippen LogP contribution < -0.4 is 16.4 Å². The number of nitrogens with two attached hydrogens (primary N) is 1. The summed E-state index contributed by atoms with van der Waals surface area (Å²) < 4.78 is 0. The molecule has 0 saturated heterocycles. The summed E-state index contributed by atoms with van der Waals surface area (Å²) in [5.41, 5.74) is 4.69. The van der Waals surface area contributed by atoms with Gasteiger partial charge in [-0.2, -0.15) is 0 Å². The number of hydrogen-bond donors (Lipinski definition) is 3. The molecule has 0 radical (unpaired) electrons. The Bertz CT molecular complexity index is 358. The van der Waals surface area contributed by atoms with E-state index < -0.39 is 11.5 Å². The van der Waals surface area contributed by atoms with E-state index in [0.717, 1.165) is 0 Å². The van der Waals surface area contributed by atoms with Crippen LogP contribution in [-0.4, -0.2) is 29.4 Å². The number of rotatable bonds is 7. The van der Waals surface area contributed by atoms with E-state index in [1.807, 2.05) is 20.8 Å². The van der Waals surface area contributed by atoms with E-state index >= 15 is 0 Å². The second-order valence-electron chi connectivity index (χ2n) is 5.38. The van der Waals surface area contributed by atoms with E-state index in [4.69, 9.17) is 18.0 Å². The van der Waals surface area contributed by atoms with Gasteiger partial charge in [0, 0.05) is 6.54 Å². The van der Waals surface area contributed by atoms with Gasteiger partial charge in [0.1, 0.15) is 6.04 Å². The van der Waals surface area contributed by atoms with E-state index in [9.17, 15) is 9.59 Å². The molecule has 2 amide bonds. The Balaban J connectivity index is 4.55. The third kappa shape index (κ3) is 5.14. The summed E-state index contributed by atoms with van der Waals surface area (Å²) in [4.78, 5) is 24.1. The average molecular weight is 287 g/mol. The molecule has 19 heavy (non-hydrogen) atoms. The molecule has 0 heterocycles. The normalized spacial score (nSPS) is 15.5. The highest BCUT2D eigenvalue weighted by Gasteiger charge is 2.35. The maximum Gasteiger partial charge on any atom is 0.242 e. The summed E-state index contributed by atoms with van der Waals surface area (Å²) in [5.74, 6) is -0.150. The van der Waals surface area contributed by atoms with Gasteiger partial charge in [0.15, 0.2) is 0 Å². The first-order valence-electron chi connectivity index (χ1n) is 6.53. The lowest BCUT2D eigenvalue weighted by molar-refractivity contribution is -0.132. The summed E-state index contributed by atoms with van der Waals surface area (Å²) >= 11 is 4.93. The van der Waals surface area contributed by atoms with Crippen molar-refractivity contribution in [1.82, 2.24) is 10.6 Å². The molecule has 0 rings (SSSR count). The molecule has 0 aromatic rings. The number of carbonyl (C=O) groups is 2. The Morgan fingerprint density at radius 1 is 1.32 bits per heavy atom. The molecule has 0 aliphatic heterocycles. The molecule has 110 valence electrons. The molecule has 4 N–H and O–H groups in total. The summed E-state index contributed by atoms with van der Waals surface area (Å²) in [6.07, 6.45) is 0.495. The fraction of sp³-hybridized carbons (Fsp3) is 0.769. The lowest BCUT2D eigenvalue weighted by atomic mass is 9.86. The van der Waals surface area contributed by atoms with Crippen molar-refractivity contribution in [1.29, 1.82) is 0 Å². The standard InChI is InChI=1S/C13H25N3O2S/c1-6-13(5,11(14)19)12(18)16-9(4)10(17)15-7-8(2)3/h8-9H,6-7H2,1-5H3,(H2,14,19)(H,15,17)(H,16,18). The van der Waals surface area contributed by atoms with Gasteiger partial charge in [0.25, 0.3) is 0 Å². The largest absolute Gasteiger partial charge is 0.392 e. The highest BCUT2D eigenvalue weighted by Crippen LogP contribution is 2.21. The van der Waals surface area contributed by atoms with Crippen LogP contribution in [0.1, 0.15) is 41.0 Å². The van der Waals surface area contributed by atoms with Crippen molar-refractivity contribution in [2.24, 2.45) is 17.1 Å². The fourth-order valence-corrected chi connectivity index (χ4v) is 1.56. The van der Waals surface area contributed by atoms with Gasteiger partial charge in [-0.15, -0.1) is 0 Å². The van der Waals surface area contributed by atoms with Crippen molar-refractivity contribution in [3.05, 3.63) is 0 Å². The van der Waals surface area contributed by atoms with Gasteiger partial charge >= 0.3 is 0 Å². The molecule has 0 saturated carbocycles. The molecule has 2 unspecified atom stereocenters. The third-order valence-electron chi connectivity index (χ3n) is 3.18. The zero-order valence-corrected chi connectivity index (χ0v) is 13.2. The summed E-state index contributed by atoms with van der Waals surface area (Å²) in [5, 5.41) is 5.43. The van der Waals surface area contributed by atoms with Gasteiger partial charge in [0.05, 0.1) is 10.4 Å². The first-order valence-corrected chi connectivity index (χ1v) is 6.94. The van der Waals surface area contributed by atoms with Crippen LogP contribution >= 0.6 is 12.2 Å². The molecule has 0 spiro atoms. The van der Waals surface area contributed by atoms with Crippen LogP contribution in [-0.2, 0) is 9.59 Å². The topological polar surface area (TPSA) is 84.2 Å². The van der Waals surface area contributed by atoms with Crippen LogP contribution in [0.4, 0.5) is 0 Å².